The van der Waals surface area contributed by atoms with Crippen molar-refractivity contribution in [2.24, 2.45) is 0 Å². The summed E-state index contributed by atoms with van der Waals surface area (Å²) in [7, 11) is -4.05. The summed E-state index contributed by atoms with van der Waals surface area (Å²) >= 11 is 9.91. The molecular formula is C75H57ClSi. The van der Waals surface area contributed by atoms with Crippen molar-refractivity contribution >= 4 is 34.0 Å². The van der Waals surface area contributed by atoms with Crippen molar-refractivity contribution in [3.8, 4) is 100 Å². The van der Waals surface area contributed by atoms with Crippen molar-refractivity contribution in [3.05, 3.63) is 308 Å². The smallest absolute Gasteiger partial charge is 0.149 e. The first kappa shape index (κ1) is 49.0. The Balaban J connectivity index is 1.38. The zero-order valence-corrected chi connectivity index (χ0v) is 45.3. The predicted octanol–water partition coefficient (Wildman–Crippen LogP) is 18.8. The fourth-order valence-corrected chi connectivity index (χ4v) is 17.3. The molecule has 0 atom stereocenters. The molecule has 0 unspecified atom stereocenters. The molecule has 77 heavy (non-hydrogen) atoms. The molecule has 0 nitrogen and oxygen atoms in total. The normalized spacial score (nSPS) is 11.4. The van der Waals surface area contributed by atoms with Gasteiger partial charge in [-0.3, -0.25) is 0 Å². The standard InChI is InChI=1S/C75H57ClSi/c1-52-49-64(70(58-37-19-7-20-38-58)73(61-43-25-10-26-44-61)67(52)55-31-13-4-14-32-55)77(76,65-50-53(2)68(56-33-15-5-16-34-56)74(62-45-27-11-28-46-62)71(65)59-39-21-8-22-40-59)66-51-54(3)69(57-35-17-6-18-36-57)75(63-47-29-12-30-48-63)72(66)60-41-23-9-24-42-60/h4-51H,1-3H3. The van der Waals surface area contributed by atoms with Gasteiger partial charge in [-0.2, -0.15) is 0 Å². The van der Waals surface area contributed by atoms with E-state index in [0.29, 0.717) is 0 Å². The topological polar surface area (TPSA) is 0 Å². The van der Waals surface area contributed by atoms with E-state index in [1.54, 1.807) is 0 Å². The third-order valence-corrected chi connectivity index (χ3v) is 20.5. The van der Waals surface area contributed by atoms with Crippen LogP contribution in [0.5, 0.6) is 0 Å². The second-order valence-electron chi connectivity index (χ2n) is 20.1. The summed E-state index contributed by atoms with van der Waals surface area (Å²) < 4.78 is 0. The van der Waals surface area contributed by atoms with Crippen molar-refractivity contribution in [2.75, 3.05) is 0 Å². The Labute approximate surface area is 460 Å². The number of benzene rings is 12. The first-order valence-electron chi connectivity index (χ1n) is 26.6. The molecule has 2 heteroatoms. The molecule has 0 N–H and O–H groups in total. The van der Waals surface area contributed by atoms with Gasteiger partial charge in [0.2, 0.25) is 7.38 Å². The number of hydrogen-bond donors (Lipinski definition) is 0. The van der Waals surface area contributed by atoms with Crippen LogP contribution in [0.4, 0.5) is 0 Å². The lowest BCUT2D eigenvalue weighted by molar-refractivity contribution is 1.44. The van der Waals surface area contributed by atoms with Crippen molar-refractivity contribution < 1.29 is 0 Å². The average Bonchev–Trinajstić information content (AvgIpc) is 3.69. The van der Waals surface area contributed by atoms with Crippen LogP contribution in [0.3, 0.4) is 0 Å². The van der Waals surface area contributed by atoms with Crippen LogP contribution in [0.25, 0.3) is 100 Å². The molecule has 0 aliphatic carbocycles. The monoisotopic (exact) mass is 1020 g/mol. The molecule has 12 aromatic rings. The highest BCUT2D eigenvalue weighted by molar-refractivity contribution is 7.41. The van der Waals surface area contributed by atoms with Gasteiger partial charge in [-0.25, -0.2) is 0 Å². The summed E-state index contributed by atoms with van der Waals surface area (Å²) in [5.74, 6) is 0. The number of aryl methyl sites for hydroxylation is 3. The summed E-state index contributed by atoms with van der Waals surface area (Å²) in [6.45, 7) is 6.90. The SMILES string of the molecule is Cc1cc([Si](Cl)(c2cc(C)c(-c3ccccc3)c(-c3ccccc3)c2-c2ccccc2)c2cc(C)c(-c3ccccc3)c(-c3ccccc3)c2-c2ccccc2)c(-c2ccccc2)c(-c2ccccc2)c1-c1ccccc1. The van der Waals surface area contributed by atoms with E-state index in [1.165, 1.54) is 33.4 Å². The fourth-order valence-electron chi connectivity index (χ4n) is 12.0. The summed E-state index contributed by atoms with van der Waals surface area (Å²) in [6, 6.07) is 106. The van der Waals surface area contributed by atoms with Gasteiger partial charge in [0.1, 0.15) is 0 Å². The third-order valence-electron chi connectivity index (χ3n) is 15.2. The van der Waals surface area contributed by atoms with E-state index in [2.05, 4.69) is 312 Å². The maximum atomic E-state index is 9.91. The molecular weight excluding hydrogens is 964 g/mol. The van der Waals surface area contributed by atoms with Crippen LogP contribution in [0.15, 0.2) is 291 Å². The zero-order valence-electron chi connectivity index (χ0n) is 43.6. The molecule has 368 valence electrons. The molecule has 0 heterocycles. The molecule has 0 aromatic heterocycles. The second-order valence-corrected chi connectivity index (χ2v) is 24.7. The van der Waals surface area contributed by atoms with Crippen LogP contribution >= 0.6 is 11.1 Å². The van der Waals surface area contributed by atoms with E-state index in [0.717, 1.165) is 99.0 Å². The summed E-state index contributed by atoms with van der Waals surface area (Å²) in [5, 5.41) is 3.40. The Morgan fingerprint density at radius 1 is 0.195 bits per heavy atom. The Hall–Kier alpha value is -8.85. The molecule has 0 spiro atoms. The lowest BCUT2D eigenvalue weighted by atomic mass is 9.84. The minimum Gasteiger partial charge on any atom is -0.149 e. The van der Waals surface area contributed by atoms with Gasteiger partial charge in [0, 0.05) is 0 Å². The van der Waals surface area contributed by atoms with Gasteiger partial charge in [0.15, 0.2) is 0 Å². The van der Waals surface area contributed by atoms with Gasteiger partial charge in [0.25, 0.3) is 0 Å². The minimum absolute atomic E-state index is 1.11. The molecule has 12 aromatic carbocycles. The van der Waals surface area contributed by atoms with Crippen LogP contribution in [0.2, 0.25) is 0 Å². The predicted molar refractivity (Wildman–Crippen MR) is 333 cm³/mol. The molecule has 0 saturated carbocycles. The molecule has 0 amide bonds. The van der Waals surface area contributed by atoms with Crippen molar-refractivity contribution in [1.29, 1.82) is 0 Å². The highest BCUT2D eigenvalue weighted by atomic mass is 35.6. The fraction of sp³-hybridized carbons (Fsp3) is 0.0400. The van der Waals surface area contributed by atoms with Gasteiger partial charge < -0.3 is 0 Å². The third kappa shape index (κ3) is 9.08. The lowest BCUT2D eigenvalue weighted by Crippen LogP contribution is -2.65. The van der Waals surface area contributed by atoms with E-state index in [-0.39, 0.29) is 0 Å². The summed E-state index contributed by atoms with van der Waals surface area (Å²) in [6.07, 6.45) is 0. The molecule has 0 aliphatic heterocycles. The van der Waals surface area contributed by atoms with Crippen molar-refractivity contribution in [1.82, 2.24) is 0 Å². The van der Waals surface area contributed by atoms with Gasteiger partial charge in [-0.05, 0) is 153 Å². The molecule has 0 bridgehead atoms. The first-order chi connectivity index (χ1) is 37.9. The Kier molecular flexibility index (Phi) is 13.6. The minimum atomic E-state index is -4.05. The van der Waals surface area contributed by atoms with Gasteiger partial charge in [-0.1, -0.05) is 291 Å². The molecule has 0 radical (unpaired) electrons. The summed E-state index contributed by atoms with van der Waals surface area (Å²) in [5.41, 5.74) is 24.2. The maximum Gasteiger partial charge on any atom is 0.249 e. The maximum absolute atomic E-state index is 9.91. The number of halogens is 1. The molecule has 0 aliphatic rings. The average molecular weight is 1020 g/mol. The number of rotatable bonds is 12. The Bertz CT molecular complexity index is 3570. The van der Waals surface area contributed by atoms with E-state index in [1.807, 2.05) is 0 Å². The zero-order chi connectivity index (χ0) is 52.3. The van der Waals surface area contributed by atoms with E-state index < -0.39 is 7.38 Å². The largest absolute Gasteiger partial charge is 0.249 e. The highest BCUT2D eigenvalue weighted by Gasteiger charge is 2.47. The van der Waals surface area contributed by atoms with E-state index in [4.69, 9.17) is 0 Å². The highest BCUT2D eigenvalue weighted by Crippen LogP contribution is 2.48. The lowest BCUT2D eigenvalue weighted by Gasteiger charge is -2.37. The van der Waals surface area contributed by atoms with Crippen LogP contribution in [-0.4, -0.2) is 7.38 Å². The summed E-state index contributed by atoms with van der Waals surface area (Å²) in [4.78, 5) is 0. The Morgan fingerprint density at radius 2 is 0.338 bits per heavy atom. The van der Waals surface area contributed by atoms with E-state index >= 15 is 0 Å². The quantitative estimate of drug-likeness (QED) is 0.0650. The first-order valence-corrected chi connectivity index (χ1v) is 29.6. The number of hydrogen-bond acceptors (Lipinski definition) is 0. The van der Waals surface area contributed by atoms with Gasteiger partial charge >= 0.3 is 0 Å². The van der Waals surface area contributed by atoms with E-state index in [9.17, 15) is 11.1 Å². The molecule has 0 fully saturated rings. The Morgan fingerprint density at radius 3 is 0.506 bits per heavy atom. The second kappa shape index (κ2) is 21.4. The van der Waals surface area contributed by atoms with Crippen LogP contribution < -0.4 is 15.6 Å². The molecule has 12 rings (SSSR count). The van der Waals surface area contributed by atoms with Crippen LogP contribution in [-0.2, 0) is 0 Å². The van der Waals surface area contributed by atoms with Crippen molar-refractivity contribution in [2.45, 2.75) is 20.8 Å². The van der Waals surface area contributed by atoms with Crippen LogP contribution in [0.1, 0.15) is 16.7 Å². The van der Waals surface area contributed by atoms with Gasteiger partial charge in [-0.15, -0.1) is 11.1 Å². The van der Waals surface area contributed by atoms with Gasteiger partial charge in [0.05, 0.1) is 0 Å². The van der Waals surface area contributed by atoms with Crippen molar-refractivity contribution in [3.63, 3.8) is 0 Å². The molecule has 0 saturated heterocycles. The van der Waals surface area contributed by atoms with Crippen LogP contribution in [0, 0.1) is 20.8 Å².